The van der Waals surface area contributed by atoms with Gasteiger partial charge in [-0.05, 0) is 35.9 Å². The molecule has 1 amide bonds. The van der Waals surface area contributed by atoms with Crippen molar-refractivity contribution >= 4 is 11.6 Å². The third kappa shape index (κ3) is 4.20. The van der Waals surface area contributed by atoms with Gasteiger partial charge in [0.05, 0.1) is 0 Å². The fourth-order valence-electron chi connectivity index (χ4n) is 2.44. The van der Waals surface area contributed by atoms with Gasteiger partial charge in [-0.1, -0.05) is 48.5 Å². The number of nitrogens with one attached hydrogen (secondary N) is 1. The van der Waals surface area contributed by atoms with Gasteiger partial charge in [0.25, 0.3) is 5.91 Å². The molecule has 3 aromatic rings. The second-order valence-corrected chi connectivity index (χ2v) is 5.27. The highest BCUT2D eigenvalue weighted by molar-refractivity contribution is 6.06. The number of alkyl halides is 2. The normalized spacial score (nSPS) is 10.5. The lowest BCUT2D eigenvalue weighted by atomic mass is 10.0. The standard InChI is InChI=1S/C20H15F2NO2/c21-20(22)25-16-12-10-15(11-13-16)19(24)23-18-9-5-4-8-17(18)14-6-2-1-3-7-14/h1-13,20H,(H,23,24). The lowest BCUT2D eigenvalue weighted by Crippen LogP contribution is -2.12. The molecule has 3 nitrogen and oxygen atoms in total. The first-order valence-corrected chi connectivity index (χ1v) is 7.64. The summed E-state index contributed by atoms with van der Waals surface area (Å²) in [6.45, 7) is -2.89. The van der Waals surface area contributed by atoms with E-state index >= 15 is 0 Å². The number of carbonyl (C=O) groups is 1. The zero-order valence-electron chi connectivity index (χ0n) is 13.2. The molecular formula is C20H15F2NO2. The molecule has 0 heterocycles. The number of amides is 1. The molecule has 3 aromatic carbocycles. The lowest BCUT2D eigenvalue weighted by Gasteiger charge is -2.12. The largest absolute Gasteiger partial charge is 0.435 e. The Hall–Kier alpha value is -3.21. The summed E-state index contributed by atoms with van der Waals surface area (Å²) in [6.07, 6.45) is 0. The van der Waals surface area contributed by atoms with Gasteiger partial charge in [0, 0.05) is 16.8 Å². The van der Waals surface area contributed by atoms with Crippen LogP contribution in [0.15, 0.2) is 78.9 Å². The highest BCUT2D eigenvalue weighted by Gasteiger charge is 2.11. The molecule has 25 heavy (non-hydrogen) atoms. The molecule has 0 aliphatic heterocycles. The summed E-state index contributed by atoms with van der Waals surface area (Å²) < 4.78 is 28.6. The average molecular weight is 339 g/mol. The maximum absolute atomic E-state index is 12.4. The average Bonchev–Trinajstić information content (AvgIpc) is 2.63. The highest BCUT2D eigenvalue weighted by atomic mass is 19.3. The van der Waals surface area contributed by atoms with Gasteiger partial charge in [-0.25, -0.2) is 0 Å². The quantitative estimate of drug-likeness (QED) is 0.693. The van der Waals surface area contributed by atoms with Crippen molar-refractivity contribution in [2.24, 2.45) is 0 Å². The Morgan fingerprint density at radius 2 is 1.48 bits per heavy atom. The van der Waals surface area contributed by atoms with Crippen LogP contribution in [0.1, 0.15) is 10.4 Å². The number of rotatable bonds is 5. The van der Waals surface area contributed by atoms with Gasteiger partial charge in [-0.2, -0.15) is 8.78 Å². The molecule has 0 radical (unpaired) electrons. The number of halogens is 2. The van der Waals surface area contributed by atoms with Gasteiger partial charge in [0.15, 0.2) is 0 Å². The van der Waals surface area contributed by atoms with E-state index in [1.165, 1.54) is 24.3 Å². The Morgan fingerprint density at radius 1 is 0.840 bits per heavy atom. The van der Waals surface area contributed by atoms with Crippen molar-refractivity contribution in [1.29, 1.82) is 0 Å². The summed E-state index contributed by atoms with van der Waals surface area (Å²) in [5.41, 5.74) is 2.91. The molecule has 0 aliphatic rings. The Kier molecular flexibility index (Phi) is 5.04. The minimum absolute atomic E-state index is 0.0104. The van der Waals surface area contributed by atoms with Crippen molar-refractivity contribution in [3.8, 4) is 16.9 Å². The minimum atomic E-state index is -2.89. The topological polar surface area (TPSA) is 38.3 Å². The first kappa shape index (κ1) is 16.6. The molecule has 0 fully saturated rings. The number of para-hydroxylation sites is 1. The zero-order chi connectivity index (χ0) is 17.6. The van der Waals surface area contributed by atoms with Crippen LogP contribution < -0.4 is 10.1 Å². The lowest BCUT2D eigenvalue weighted by molar-refractivity contribution is -0.0498. The zero-order valence-corrected chi connectivity index (χ0v) is 13.2. The third-order valence-electron chi connectivity index (χ3n) is 3.60. The van der Waals surface area contributed by atoms with Gasteiger partial charge in [-0.3, -0.25) is 4.79 Å². The fraction of sp³-hybridized carbons (Fsp3) is 0.0500. The highest BCUT2D eigenvalue weighted by Crippen LogP contribution is 2.28. The van der Waals surface area contributed by atoms with Crippen molar-refractivity contribution in [1.82, 2.24) is 0 Å². The maximum Gasteiger partial charge on any atom is 0.387 e. The van der Waals surface area contributed by atoms with Crippen LogP contribution >= 0.6 is 0 Å². The van der Waals surface area contributed by atoms with Crippen LogP contribution in [0.5, 0.6) is 5.75 Å². The van der Waals surface area contributed by atoms with E-state index in [1.54, 1.807) is 0 Å². The first-order chi connectivity index (χ1) is 12.1. The summed E-state index contributed by atoms with van der Waals surface area (Å²) in [5, 5.41) is 2.86. The molecule has 0 atom stereocenters. The summed E-state index contributed by atoms with van der Waals surface area (Å²) in [4.78, 5) is 12.4. The molecule has 5 heteroatoms. The molecule has 0 unspecified atom stereocenters. The van der Waals surface area contributed by atoms with E-state index in [2.05, 4.69) is 10.1 Å². The van der Waals surface area contributed by atoms with E-state index in [0.717, 1.165) is 11.1 Å². The minimum Gasteiger partial charge on any atom is -0.435 e. The molecule has 0 saturated carbocycles. The molecule has 126 valence electrons. The molecule has 3 rings (SSSR count). The van der Waals surface area contributed by atoms with E-state index in [1.807, 2.05) is 54.6 Å². The molecule has 0 aromatic heterocycles. The number of carbonyl (C=O) groups excluding carboxylic acids is 1. The van der Waals surface area contributed by atoms with Gasteiger partial charge >= 0.3 is 6.61 Å². The maximum atomic E-state index is 12.4. The van der Waals surface area contributed by atoms with E-state index < -0.39 is 6.61 Å². The summed E-state index contributed by atoms with van der Waals surface area (Å²) in [7, 11) is 0. The van der Waals surface area contributed by atoms with Crippen LogP contribution in [-0.4, -0.2) is 12.5 Å². The van der Waals surface area contributed by atoms with Crippen LogP contribution in [0, 0.1) is 0 Å². The Labute approximate surface area is 143 Å². The number of benzene rings is 3. The predicted molar refractivity (Wildman–Crippen MR) is 92.9 cm³/mol. The predicted octanol–water partition coefficient (Wildman–Crippen LogP) is 5.21. The smallest absolute Gasteiger partial charge is 0.387 e. The molecule has 0 saturated heterocycles. The number of anilines is 1. The molecule has 0 spiro atoms. The van der Waals surface area contributed by atoms with Gasteiger partial charge < -0.3 is 10.1 Å². The van der Waals surface area contributed by atoms with Gasteiger partial charge in [0.1, 0.15) is 5.75 Å². The van der Waals surface area contributed by atoms with Crippen molar-refractivity contribution in [2.75, 3.05) is 5.32 Å². The van der Waals surface area contributed by atoms with Crippen molar-refractivity contribution < 1.29 is 18.3 Å². The Balaban J connectivity index is 1.80. The molecular weight excluding hydrogens is 324 g/mol. The summed E-state index contributed by atoms with van der Waals surface area (Å²) in [6, 6.07) is 22.7. The summed E-state index contributed by atoms with van der Waals surface area (Å²) in [5.74, 6) is -0.316. The third-order valence-corrected chi connectivity index (χ3v) is 3.60. The fourth-order valence-corrected chi connectivity index (χ4v) is 2.44. The number of hydrogen-bond acceptors (Lipinski definition) is 2. The van der Waals surface area contributed by atoms with Crippen LogP contribution in [0.2, 0.25) is 0 Å². The Bertz CT molecular complexity index is 849. The molecule has 0 aliphatic carbocycles. The van der Waals surface area contributed by atoms with Gasteiger partial charge in [0.2, 0.25) is 0 Å². The van der Waals surface area contributed by atoms with Crippen LogP contribution in [-0.2, 0) is 0 Å². The van der Waals surface area contributed by atoms with Gasteiger partial charge in [-0.15, -0.1) is 0 Å². The van der Waals surface area contributed by atoms with Crippen LogP contribution in [0.4, 0.5) is 14.5 Å². The second kappa shape index (κ2) is 7.57. The van der Waals surface area contributed by atoms with E-state index in [0.29, 0.717) is 11.3 Å². The van der Waals surface area contributed by atoms with E-state index in [4.69, 9.17) is 0 Å². The SMILES string of the molecule is O=C(Nc1ccccc1-c1ccccc1)c1ccc(OC(F)F)cc1. The number of ether oxygens (including phenoxy) is 1. The van der Waals surface area contributed by atoms with Crippen LogP contribution in [0.3, 0.4) is 0 Å². The molecule has 1 N–H and O–H groups in total. The van der Waals surface area contributed by atoms with E-state index in [-0.39, 0.29) is 11.7 Å². The first-order valence-electron chi connectivity index (χ1n) is 7.64. The van der Waals surface area contributed by atoms with Crippen molar-refractivity contribution in [3.05, 3.63) is 84.4 Å². The molecule has 0 bridgehead atoms. The van der Waals surface area contributed by atoms with Crippen molar-refractivity contribution in [2.45, 2.75) is 6.61 Å². The second-order valence-electron chi connectivity index (χ2n) is 5.27. The Morgan fingerprint density at radius 3 is 2.16 bits per heavy atom. The van der Waals surface area contributed by atoms with E-state index in [9.17, 15) is 13.6 Å². The summed E-state index contributed by atoms with van der Waals surface area (Å²) >= 11 is 0. The van der Waals surface area contributed by atoms with Crippen molar-refractivity contribution in [3.63, 3.8) is 0 Å². The monoisotopic (exact) mass is 339 g/mol. The number of hydrogen-bond donors (Lipinski definition) is 1. The van der Waals surface area contributed by atoms with Crippen LogP contribution in [0.25, 0.3) is 11.1 Å².